The molecule has 0 saturated carbocycles. The molecule has 1 saturated heterocycles. The Morgan fingerprint density at radius 1 is 1.22 bits per heavy atom. The maximum Gasteiger partial charge on any atom is 0.310 e. The molecule has 1 amide bonds. The van der Waals surface area contributed by atoms with E-state index in [4.69, 9.17) is 4.74 Å². The first kappa shape index (κ1) is 18.6. The second kappa shape index (κ2) is 8.45. The summed E-state index contributed by atoms with van der Waals surface area (Å²) in [7, 11) is 2.09. The first-order chi connectivity index (χ1) is 13.0. The van der Waals surface area contributed by atoms with Crippen molar-refractivity contribution in [3.8, 4) is 5.75 Å². The van der Waals surface area contributed by atoms with Crippen LogP contribution in [0.1, 0.15) is 0 Å². The number of rotatable bonds is 6. The van der Waals surface area contributed by atoms with E-state index in [0.717, 1.165) is 32.0 Å². The second-order valence-corrected chi connectivity index (χ2v) is 6.26. The average molecular weight is 371 g/mol. The zero-order valence-electron chi connectivity index (χ0n) is 15.0. The third-order valence-electron chi connectivity index (χ3n) is 4.28. The summed E-state index contributed by atoms with van der Waals surface area (Å²) >= 11 is 0. The number of pyridine rings is 1. The topological polar surface area (TPSA) is 101 Å². The van der Waals surface area contributed by atoms with Crippen LogP contribution in [0.15, 0.2) is 42.6 Å². The molecule has 2 aromatic rings. The minimum Gasteiger partial charge on any atom is -0.477 e. The van der Waals surface area contributed by atoms with Gasteiger partial charge in [0, 0.05) is 32.2 Å². The molecule has 0 radical (unpaired) electrons. The molecule has 0 unspecified atom stereocenters. The van der Waals surface area contributed by atoms with Gasteiger partial charge in [-0.1, -0.05) is 12.1 Å². The van der Waals surface area contributed by atoms with Gasteiger partial charge in [0.25, 0.3) is 5.91 Å². The van der Waals surface area contributed by atoms with Crippen molar-refractivity contribution in [2.75, 3.05) is 50.1 Å². The molecule has 27 heavy (non-hydrogen) atoms. The van der Waals surface area contributed by atoms with Crippen LogP contribution < -0.4 is 15.0 Å². The number of nitrogens with zero attached hydrogens (tertiary/aromatic N) is 4. The maximum absolute atomic E-state index is 12.0. The van der Waals surface area contributed by atoms with E-state index in [0.29, 0.717) is 5.69 Å². The molecule has 9 nitrogen and oxygen atoms in total. The number of amides is 1. The van der Waals surface area contributed by atoms with Crippen LogP contribution in [0.25, 0.3) is 0 Å². The van der Waals surface area contributed by atoms with Crippen LogP contribution in [0, 0.1) is 10.1 Å². The number of para-hydroxylation sites is 2. The van der Waals surface area contributed by atoms with Crippen LogP contribution in [0.2, 0.25) is 0 Å². The van der Waals surface area contributed by atoms with Gasteiger partial charge in [-0.25, -0.2) is 4.98 Å². The number of carbonyl (C=O) groups excluding carboxylic acids is 1. The van der Waals surface area contributed by atoms with Gasteiger partial charge in [-0.3, -0.25) is 14.9 Å². The highest BCUT2D eigenvalue weighted by atomic mass is 16.6. The number of nitrogens with one attached hydrogen (secondary N) is 1. The number of ether oxygens (including phenoxy) is 1. The molecule has 1 fully saturated rings. The summed E-state index contributed by atoms with van der Waals surface area (Å²) in [6.45, 7) is 3.48. The fourth-order valence-corrected chi connectivity index (χ4v) is 2.75. The van der Waals surface area contributed by atoms with Gasteiger partial charge in [0.2, 0.25) is 0 Å². The van der Waals surface area contributed by atoms with Gasteiger partial charge in [-0.2, -0.15) is 0 Å². The minimum absolute atomic E-state index is 0.0567. The fraction of sp³-hybridized carbons (Fsp3) is 0.333. The smallest absolute Gasteiger partial charge is 0.310 e. The predicted molar refractivity (Wildman–Crippen MR) is 101 cm³/mol. The summed E-state index contributed by atoms with van der Waals surface area (Å²) < 4.78 is 5.27. The highest BCUT2D eigenvalue weighted by Crippen LogP contribution is 2.25. The zero-order chi connectivity index (χ0) is 19.2. The molecule has 142 valence electrons. The van der Waals surface area contributed by atoms with E-state index in [1.807, 2.05) is 6.07 Å². The van der Waals surface area contributed by atoms with Crippen molar-refractivity contribution in [1.82, 2.24) is 9.88 Å². The number of hydrogen-bond acceptors (Lipinski definition) is 7. The SMILES string of the molecule is CN1CCN(c2ccc(NC(=O)COc3ccccc3[N+](=O)[O-])cn2)CC1. The van der Waals surface area contributed by atoms with Crippen molar-refractivity contribution in [2.45, 2.75) is 0 Å². The van der Waals surface area contributed by atoms with E-state index in [1.54, 1.807) is 24.4 Å². The van der Waals surface area contributed by atoms with E-state index in [9.17, 15) is 14.9 Å². The highest BCUT2D eigenvalue weighted by Gasteiger charge is 2.16. The molecular formula is C18H21N5O4. The molecule has 0 bridgehead atoms. The molecule has 1 N–H and O–H groups in total. The number of likely N-dealkylation sites (N-methyl/N-ethyl adjacent to an activating group) is 1. The standard InChI is InChI=1S/C18H21N5O4/c1-21-8-10-22(11-9-21)17-7-6-14(12-19-17)20-18(24)13-27-16-5-3-2-4-15(16)23(25)26/h2-7,12H,8-11,13H2,1H3,(H,20,24). The van der Waals surface area contributed by atoms with Gasteiger partial charge in [-0.15, -0.1) is 0 Å². The average Bonchev–Trinajstić information content (AvgIpc) is 2.68. The van der Waals surface area contributed by atoms with E-state index in [-0.39, 0.29) is 18.0 Å². The maximum atomic E-state index is 12.0. The molecule has 0 aliphatic carbocycles. The van der Waals surface area contributed by atoms with Crippen LogP contribution >= 0.6 is 0 Å². The first-order valence-electron chi connectivity index (χ1n) is 8.58. The Kier molecular flexibility index (Phi) is 5.82. The molecule has 1 aromatic heterocycles. The number of nitro groups is 1. The third-order valence-corrected chi connectivity index (χ3v) is 4.28. The van der Waals surface area contributed by atoms with Crippen LogP contribution in [0.4, 0.5) is 17.2 Å². The van der Waals surface area contributed by atoms with E-state index in [1.165, 1.54) is 12.1 Å². The fourth-order valence-electron chi connectivity index (χ4n) is 2.75. The Labute approximate surface area is 156 Å². The molecule has 1 aliphatic heterocycles. The van der Waals surface area contributed by atoms with Crippen molar-refractivity contribution in [3.63, 3.8) is 0 Å². The monoisotopic (exact) mass is 371 g/mol. The molecule has 1 aliphatic rings. The molecular weight excluding hydrogens is 350 g/mol. The van der Waals surface area contributed by atoms with Crippen molar-refractivity contribution in [1.29, 1.82) is 0 Å². The lowest BCUT2D eigenvalue weighted by Crippen LogP contribution is -2.44. The lowest BCUT2D eigenvalue weighted by molar-refractivity contribution is -0.385. The zero-order valence-corrected chi connectivity index (χ0v) is 15.0. The summed E-state index contributed by atoms with van der Waals surface area (Å²) in [6, 6.07) is 9.58. The van der Waals surface area contributed by atoms with Crippen LogP contribution in [0.3, 0.4) is 0 Å². The Morgan fingerprint density at radius 3 is 2.63 bits per heavy atom. The predicted octanol–water partition coefficient (Wildman–Crippen LogP) is 1.76. The third kappa shape index (κ3) is 4.91. The minimum atomic E-state index is -0.547. The summed E-state index contributed by atoms with van der Waals surface area (Å²) in [5.74, 6) is 0.515. The Hall–Kier alpha value is -3.20. The first-order valence-corrected chi connectivity index (χ1v) is 8.58. The van der Waals surface area contributed by atoms with Crippen molar-refractivity contribution in [3.05, 3.63) is 52.7 Å². The Balaban J connectivity index is 1.53. The molecule has 9 heteroatoms. The van der Waals surface area contributed by atoms with Gasteiger partial charge in [-0.05, 0) is 25.2 Å². The van der Waals surface area contributed by atoms with Crippen LogP contribution in [-0.4, -0.2) is 60.5 Å². The molecule has 1 aromatic carbocycles. The Bertz CT molecular complexity index is 804. The number of hydrogen-bond donors (Lipinski definition) is 1. The number of nitro benzene ring substituents is 1. The van der Waals surface area contributed by atoms with Crippen LogP contribution in [-0.2, 0) is 4.79 Å². The summed E-state index contributed by atoms with van der Waals surface area (Å²) in [6.07, 6.45) is 1.59. The van der Waals surface area contributed by atoms with Gasteiger partial charge in [0.1, 0.15) is 5.82 Å². The Morgan fingerprint density at radius 2 is 1.96 bits per heavy atom. The van der Waals surface area contributed by atoms with Crippen LogP contribution in [0.5, 0.6) is 5.75 Å². The summed E-state index contributed by atoms with van der Waals surface area (Å²) in [4.78, 5) is 31.3. The van der Waals surface area contributed by atoms with Crippen molar-refractivity contribution >= 4 is 23.1 Å². The van der Waals surface area contributed by atoms with E-state index in [2.05, 4.69) is 27.1 Å². The largest absolute Gasteiger partial charge is 0.477 e. The van der Waals surface area contributed by atoms with Crippen molar-refractivity contribution < 1.29 is 14.5 Å². The normalized spacial score (nSPS) is 14.6. The highest BCUT2D eigenvalue weighted by molar-refractivity contribution is 5.91. The summed E-state index contributed by atoms with van der Waals surface area (Å²) in [5, 5.41) is 13.6. The van der Waals surface area contributed by atoms with E-state index < -0.39 is 10.8 Å². The number of piperazine rings is 1. The van der Waals surface area contributed by atoms with Crippen molar-refractivity contribution in [2.24, 2.45) is 0 Å². The quantitative estimate of drug-likeness (QED) is 0.610. The van der Waals surface area contributed by atoms with Gasteiger partial charge in [0.05, 0.1) is 16.8 Å². The molecule has 3 rings (SSSR count). The number of anilines is 2. The summed E-state index contributed by atoms with van der Waals surface area (Å²) in [5.41, 5.74) is 0.368. The number of aromatic nitrogens is 1. The molecule has 0 spiro atoms. The number of benzene rings is 1. The second-order valence-electron chi connectivity index (χ2n) is 6.26. The van der Waals surface area contributed by atoms with E-state index >= 15 is 0 Å². The van der Waals surface area contributed by atoms with Gasteiger partial charge in [0.15, 0.2) is 12.4 Å². The molecule has 0 atom stereocenters. The molecule has 2 heterocycles. The van der Waals surface area contributed by atoms with Gasteiger partial charge < -0.3 is 19.9 Å². The number of carbonyl (C=O) groups is 1. The lowest BCUT2D eigenvalue weighted by Gasteiger charge is -2.33. The lowest BCUT2D eigenvalue weighted by atomic mass is 10.3. The van der Waals surface area contributed by atoms with Gasteiger partial charge >= 0.3 is 5.69 Å².